The van der Waals surface area contributed by atoms with Crippen LogP contribution in [0, 0.1) is 5.92 Å². The Kier molecular flexibility index (Phi) is 6.05. The van der Waals surface area contributed by atoms with Crippen molar-refractivity contribution in [3.8, 4) is 5.75 Å². The maximum absolute atomic E-state index is 12.2. The predicted octanol–water partition coefficient (Wildman–Crippen LogP) is 2.51. The molecule has 1 atom stereocenters. The summed E-state index contributed by atoms with van der Waals surface area (Å²) >= 11 is 0. The van der Waals surface area contributed by atoms with Crippen LogP contribution in [0.3, 0.4) is 0 Å². The third-order valence-electron chi connectivity index (χ3n) is 4.07. The number of carbonyl (C=O) groups excluding carboxylic acids is 1. The Morgan fingerprint density at radius 2 is 1.95 bits per heavy atom. The average Bonchev–Trinajstić information content (AvgIpc) is 2.52. The molecule has 1 aromatic carbocycles. The highest BCUT2D eigenvalue weighted by Crippen LogP contribution is 2.23. The van der Waals surface area contributed by atoms with E-state index in [9.17, 15) is 9.90 Å². The summed E-state index contributed by atoms with van der Waals surface area (Å²) in [4.78, 5) is 12.2. The summed E-state index contributed by atoms with van der Waals surface area (Å²) in [5, 5.41) is 12.5. The molecule has 1 fully saturated rings. The monoisotopic (exact) mass is 291 g/mol. The lowest BCUT2D eigenvalue weighted by Crippen LogP contribution is -2.41. The molecule has 2 N–H and O–H groups in total. The van der Waals surface area contributed by atoms with Crippen LogP contribution in [-0.4, -0.2) is 29.8 Å². The van der Waals surface area contributed by atoms with Gasteiger partial charge in [-0.2, -0.15) is 0 Å². The van der Waals surface area contributed by atoms with Gasteiger partial charge < -0.3 is 15.2 Å². The van der Waals surface area contributed by atoms with E-state index in [1.165, 1.54) is 0 Å². The van der Waals surface area contributed by atoms with E-state index in [1.54, 1.807) is 0 Å². The van der Waals surface area contributed by atoms with E-state index < -0.39 is 6.10 Å². The molecule has 2 rings (SSSR count). The molecule has 0 aromatic heterocycles. The molecule has 0 saturated heterocycles. The van der Waals surface area contributed by atoms with Crippen molar-refractivity contribution in [3.05, 3.63) is 30.3 Å². The fraction of sp³-hybridized carbons (Fsp3) is 0.588. The third-order valence-corrected chi connectivity index (χ3v) is 4.07. The summed E-state index contributed by atoms with van der Waals surface area (Å²) < 4.78 is 5.73. The average molecular weight is 291 g/mol. The zero-order valence-corrected chi connectivity index (χ0v) is 12.6. The zero-order chi connectivity index (χ0) is 15.1. The van der Waals surface area contributed by atoms with Gasteiger partial charge in [0.1, 0.15) is 5.75 Å². The SMILES string of the molecule is CCC(Oc1ccccc1)C(=O)NCC1CCC(O)CC1. The lowest BCUT2D eigenvalue weighted by molar-refractivity contribution is -0.128. The van der Waals surface area contributed by atoms with Crippen molar-refractivity contribution in [1.82, 2.24) is 5.32 Å². The molecule has 4 nitrogen and oxygen atoms in total. The molecule has 0 spiro atoms. The first-order chi connectivity index (χ1) is 10.2. The van der Waals surface area contributed by atoms with E-state index >= 15 is 0 Å². The lowest BCUT2D eigenvalue weighted by atomic mass is 9.87. The number of ether oxygens (including phenoxy) is 1. The quantitative estimate of drug-likeness (QED) is 0.846. The number of rotatable bonds is 6. The maximum Gasteiger partial charge on any atom is 0.261 e. The molecule has 0 aliphatic heterocycles. The predicted molar refractivity (Wildman–Crippen MR) is 82.1 cm³/mol. The summed E-state index contributed by atoms with van der Waals surface area (Å²) in [7, 11) is 0. The van der Waals surface area contributed by atoms with Gasteiger partial charge in [0.25, 0.3) is 5.91 Å². The van der Waals surface area contributed by atoms with Crippen LogP contribution in [0.25, 0.3) is 0 Å². The van der Waals surface area contributed by atoms with Gasteiger partial charge in [0.2, 0.25) is 0 Å². The molecule has 1 aliphatic rings. The fourth-order valence-corrected chi connectivity index (χ4v) is 2.69. The Morgan fingerprint density at radius 1 is 1.29 bits per heavy atom. The molecule has 0 radical (unpaired) electrons. The summed E-state index contributed by atoms with van der Waals surface area (Å²) in [6.07, 6.45) is 3.71. The second kappa shape index (κ2) is 8.03. The number of carbonyl (C=O) groups is 1. The van der Waals surface area contributed by atoms with Crippen LogP contribution >= 0.6 is 0 Å². The molecule has 1 saturated carbocycles. The van der Waals surface area contributed by atoms with Gasteiger partial charge in [-0.05, 0) is 50.2 Å². The molecule has 116 valence electrons. The molecule has 1 amide bonds. The number of aliphatic hydroxyl groups excluding tert-OH is 1. The Balaban J connectivity index is 1.77. The summed E-state index contributed by atoms with van der Waals surface area (Å²) in [6.45, 7) is 2.63. The topological polar surface area (TPSA) is 58.6 Å². The summed E-state index contributed by atoms with van der Waals surface area (Å²) in [5.74, 6) is 1.15. The normalized spacial score (nSPS) is 23.3. The second-order valence-electron chi connectivity index (χ2n) is 5.75. The lowest BCUT2D eigenvalue weighted by Gasteiger charge is -2.26. The van der Waals surface area contributed by atoms with Gasteiger partial charge in [-0.1, -0.05) is 25.1 Å². The van der Waals surface area contributed by atoms with Gasteiger partial charge in [-0.3, -0.25) is 4.79 Å². The Labute approximate surface area is 126 Å². The van der Waals surface area contributed by atoms with E-state index in [4.69, 9.17) is 4.74 Å². The van der Waals surface area contributed by atoms with Crippen molar-refractivity contribution in [2.75, 3.05) is 6.54 Å². The minimum atomic E-state index is -0.443. The van der Waals surface area contributed by atoms with Crippen LogP contribution in [0.2, 0.25) is 0 Å². The minimum Gasteiger partial charge on any atom is -0.481 e. The van der Waals surface area contributed by atoms with Gasteiger partial charge in [-0.15, -0.1) is 0 Å². The van der Waals surface area contributed by atoms with Crippen LogP contribution in [-0.2, 0) is 4.79 Å². The molecular formula is C17H25NO3. The van der Waals surface area contributed by atoms with E-state index in [0.29, 0.717) is 18.9 Å². The van der Waals surface area contributed by atoms with Crippen molar-refractivity contribution in [2.24, 2.45) is 5.92 Å². The number of nitrogens with one attached hydrogen (secondary N) is 1. The molecule has 1 aromatic rings. The molecule has 1 unspecified atom stereocenters. The Hall–Kier alpha value is -1.55. The van der Waals surface area contributed by atoms with Crippen molar-refractivity contribution >= 4 is 5.91 Å². The van der Waals surface area contributed by atoms with Crippen LogP contribution < -0.4 is 10.1 Å². The number of benzene rings is 1. The first-order valence-corrected chi connectivity index (χ1v) is 7.86. The van der Waals surface area contributed by atoms with Gasteiger partial charge in [0.05, 0.1) is 6.10 Å². The summed E-state index contributed by atoms with van der Waals surface area (Å²) in [5.41, 5.74) is 0. The molecule has 4 heteroatoms. The molecule has 21 heavy (non-hydrogen) atoms. The molecule has 0 heterocycles. The molecule has 0 bridgehead atoms. The first-order valence-electron chi connectivity index (χ1n) is 7.86. The maximum atomic E-state index is 12.2. The number of para-hydroxylation sites is 1. The molecule has 1 aliphatic carbocycles. The summed E-state index contributed by atoms with van der Waals surface area (Å²) in [6, 6.07) is 9.43. The van der Waals surface area contributed by atoms with Gasteiger partial charge in [-0.25, -0.2) is 0 Å². The van der Waals surface area contributed by atoms with Crippen molar-refractivity contribution in [3.63, 3.8) is 0 Å². The van der Waals surface area contributed by atoms with E-state index in [-0.39, 0.29) is 12.0 Å². The largest absolute Gasteiger partial charge is 0.481 e. The van der Waals surface area contributed by atoms with Crippen molar-refractivity contribution in [1.29, 1.82) is 0 Å². The van der Waals surface area contributed by atoms with Gasteiger partial charge in [0.15, 0.2) is 6.10 Å². The Morgan fingerprint density at radius 3 is 2.57 bits per heavy atom. The highest BCUT2D eigenvalue weighted by Gasteiger charge is 2.22. The number of hydrogen-bond donors (Lipinski definition) is 2. The van der Waals surface area contributed by atoms with E-state index in [2.05, 4.69) is 5.32 Å². The highest BCUT2D eigenvalue weighted by atomic mass is 16.5. The highest BCUT2D eigenvalue weighted by molar-refractivity contribution is 5.81. The number of hydrogen-bond acceptors (Lipinski definition) is 3. The van der Waals surface area contributed by atoms with E-state index in [0.717, 1.165) is 31.4 Å². The van der Waals surface area contributed by atoms with Gasteiger partial charge >= 0.3 is 0 Å². The Bertz CT molecular complexity index is 427. The van der Waals surface area contributed by atoms with Crippen molar-refractivity contribution < 1.29 is 14.6 Å². The standard InChI is InChI=1S/C17H25NO3/c1-2-16(21-15-6-4-3-5-7-15)17(20)18-12-13-8-10-14(19)11-9-13/h3-7,13-14,16,19H,2,8-12H2,1H3,(H,18,20). The van der Waals surface area contributed by atoms with Gasteiger partial charge in [0, 0.05) is 6.54 Å². The zero-order valence-electron chi connectivity index (χ0n) is 12.6. The molecular weight excluding hydrogens is 266 g/mol. The van der Waals surface area contributed by atoms with Crippen LogP contribution in [0.5, 0.6) is 5.75 Å². The second-order valence-corrected chi connectivity index (χ2v) is 5.75. The minimum absolute atomic E-state index is 0.0486. The smallest absolute Gasteiger partial charge is 0.261 e. The van der Waals surface area contributed by atoms with E-state index in [1.807, 2.05) is 37.3 Å². The van der Waals surface area contributed by atoms with Crippen LogP contribution in [0.1, 0.15) is 39.0 Å². The van der Waals surface area contributed by atoms with Crippen LogP contribution in [0.15, 0.2) is 30.3 Å². The number of amides is 1. The number of aliphatic hydroxyl groups is 1. The first kappa shape index (κ1) is 15.8. The van der Waals surface area contributed by atoms with Crippen LogP contribution in [0.4, 0.5) is 0 Å². The third kappa shape index (κ3) is 5.05. The fourth-order valence-electron chi connectivity index (χ4n) is 2.69. The van der Waals surface area contributed by atoms with Crippen molar-refractivity contribution in [2.45, 2.75) is 51.2 Å².